The molecule has 8 nitrogen and oxygen atoms in total. The standard InChI is InChI=1S/C11H20N6O2/c1-3-11(4-2,9(12)15-19)10(18)13-5-7-17-8-6-14-16-17/h6,8,19H,3-5,7H2,1-2H3,(H2,12,15)(H,13,18). The second-order valence-electron chi connectivity index (χ2n) is 4.20. The molecule has 0 saturated carbocycles. The van der Waals surface area contributed by atoms with Crippen LogP contribution in [0.4, 0.5) is 0 Å². The van der Waals surface area contributed by atoms with Crippen molar-refractivity contribution in [1.82, 2.24) is 20.3 Å². The highest BCUT2D eigenvalue weighted by Crippen LogP contribution is 2.26. The molecule has 1 amide bonds. The Hall–Kier alpha value is -2.12. The average molecular weight is 268 g/mol. The number of amides is 1. The molecule has 0 fully saturated rings. The van der Waals surface area contributed by atoms with Gasteiger partial charge in [-0.1, -0.05) is 24.2 Å². The van der Waals surface area contributed by atoms with Crippen molar-refractivity contribution >= 4 is 11.7 Å². The number of nitrogens with two attached hydrogens (primary N) is 1. The maximum Gasteiger partial charge on any atom is 0.233 e. The molecule has 1 heterocycles. The van der Waals surface area contributed by atoms with E-state index in [1.54, 1.807) is 17.1 Å². The van der Waals surface area contributed by atoms with Crippen LogP contribution in [-0.4, -0.2) is 38.5 Å². The lowest BCUT2D eigenvalue weighted by Crippen LogP contribution is -2.49. The monoisotopic (exact) mass is 268 g/mol. The van der Waals surface area contributed by atoms with Crippen molar-refractivity contribution in [2.45, 2.75) is 33.2 Å². The summed E-state index contributed by atoms with van der Waals surface area (Å²) in [6.07, 6.45) is 4.21. The molecular weight excluding hydrogens is 248 g/mol. The van der Waals surface area contributed by atoms with Gasteiger partial charge in [-0.15, -0.1) is 5.10 Å². The third-order valence-corrected chi connectivity index (χ3v) is 3.34. The Morgan fingerprint density at radius 1 is 1.53 bits per heavy atom. The summed E-state index contributed by atoms with van der Waals surface area (Å²) in [7, 11) is 0. The summed E-state index contributed by atoms with van der Waals surface area (Å²) in [6, 6.07) is 0. The summed E-state index contributed by atoms with van der Waals surface area (Å²) in [6.45, 7) is 4.59. The third kappa shape index (κ3) is 3.21. The van der Waals surface area contributed by atoms with Crippen LogP contribution in [0.15, 0.2) is 17.5 Å². The van der Waals surface area contributed by atoms with Crippen molar-refractivity contribution in [2.75, 3.05) is 6.54 Å². The fraction of sp³-hybridized carbons (Fsp3) is 0.636. The van der Waals surface area contributed by atoms with E-state index in [2.05, 4.69) is 20.8 Å². The summed E-state index contributed by atoms with van der Waals surface area (Å²) in [5.74, 6) is -0.302. The van der Waals surface area contributed by atoms with Gasteiger partial charge in [-0.05, 0) is 12.8 Å². The maximum atomic E-state index is 12.2. The molecule has 0 saturated heterocycles. The number of carbonyl (C=O) groups is 1. The lowest BCUT2D eigenvalue weighted by atomic mass is 9.80. The lowest BCUT2D eigenvalue weighted by molar-refractivity contribution is -0.128. The minimum Gasteiger partial charge on any atom is -0.409 e. The van der Waals surface area contributed by atoms with Gasteiger partial charge in [0.05, 0.1) is 12.7 Å². The van der Waals surface area contributed by atoms with Crippen LogP contribution >= 0.6 is 0 Å². The van der Waals surface area contributed by atoms with E-state index >= 15 is 0 Å². The van der Waals surface area contributed by atoms with Gasteiger partial charge in [-0.25, -0.2) is 0 Å². The highest BCUT2D eigenvalue weighted by atomic mass is 16.4. The normalized spacial score (nSPS) is 12.4. The summed E-state index contributed by atoms with van der Waals surface area (Å²) in [5.41, 5.74) is 4.69. The number of amidine groups is 1. The van der Waals surface area contributed by atoms with Gasteiger partial charge in [0.15, 0.2) is 5.84 Å². The fourth-order valence-corrected chi connectivity index (χ4v) is 1.95. The zero-order valence-corrected chi connectivity index (χ0v) is 11.2. The highest BCUT2D eigenvalue weighted by molar-refractivity contribution is 6.06. The number of aromatic nitrogens is 3. The number of nitrogens with zero attached hydrogens (tertiary/aromatic N) is 4. The first-order valence-corrected chi connectivity index (χ1v) is 6.21. The van der Waals surface area contributed by atoms with Crippen LogP contribution in [-0.2, 0) is 11.3 Å². The van der Waals surface area contributed by atoms with Crippen molar-refractivity contribution in [1.29, 1.82) is 0 Å². The van der Waals surface area contributed by atoms with Gasteiger partial charge in [-0.2, -0.15) is 0 Å². The first kappa shape index (κ1) is 14.9. The Balaban J connectivity index is 2.63. The summed E-state index contributed by atoms with van der Waals surface area (Å²) in [4.78, 5) is 12.2. The van der Waals surface area contributed by atoms with Crippen molar-refractivity contribution in [3.8, 4) is 0 Å². The van der Waals surface area contributed by atoms with E-state index in [4.69, 9.17) is 10.9 Å². The number of hydrogen-bond donors (Lipinski definition) is 3. The van der Waals surface area contributed by atoms with E-state index in [1.807, 2.05) is 13.8 Å². The molecule has 1 rings (SSSR count). The summed E-state index contributed by atoms with van der Waals surface area (Å²) >= 11 is 0. The summed E-state index contributed by atoms with van der Waals surface area (Å²) in [5, 5.41) is 22.0. The van der Waals surface area contributed by atoms with Crippen LogP contribution < -0.4 is 11.1 Å². The Labute approximate surface area is 111 Å². The molecule has 0 bridgehead atoms. The topological polar surface area (TPSA) is 118 Å². The van der Waals surface area contributed by atoms with Gasteiger partial charge in [0.2, 0.25) is 5.91 Å². The van der Waals surface area contributed by atoms with Gasteiger partial charge in [-0.3, -0.25) is 9.48 Å². The minimum absolute atomic E-state index is 0.0595. The average Bonchev–Trinajstić information content (AvgIpc) is 2.93. The van der Waals surface area contributed by atoms with Crippen molar-refractivity contribution in [3.63, 3.8) is 0 Å². The molecular formula is C11H20N6O2. The Bertz CT molecular complexity index is 424. The first-order valence-electron chi connectivity index (χ1n) is 6.21. The van der Waals surface area contributed by atoms with Crippen LogP contribution in [0.2, 0.25) is 0 Å². The molecule has 0 unspecified atom stereocenters. The largest absolute Gasteiger partial charge is 0.409 e. The zero-order chi connectivity index (χ0) is 14.3. The van der Waals surface area contributed by atoms with Gasteiger partial charge in [0, 0.05) is 12.7 Å². The number of oxime groups is 1. The molecule has 0 aliphatic rings. The quantitative estimate of drug-likeness (QED) is 0.277. The number of carbonyl (C=O) groups excluding carboxylic acids is 1. The Morgan fingerprint density at radius 2 is 2.21 bits per heavy atom. The Morgan fingerprint density at radius 3 is 2.68 bits per heavy atom. The predicted octanol–water partition coefficient (Wildman–Crippen LogP) is -0.0529. The molecule has 0 spiro atoms. The molecule has 1 aromatic heterocycles. The number of hydrogen-bond acceptors (Lipinski definition) is 5. The zero-order valence-electron chi connectivity index (χ0n) is 11.2. The predicted molar refractivity (Wildman–Crippen MR) is 69.5 cm³/mol. The highest BCUT2D eigenvalue weighted by Gasteiger charge is 2.39. The van der Waals surface area contributed by atoms with Crippen molar-refractivity contribution < 1.29 is 10.0 Å². The molecule has 106 valence electrons. The van der Waals surface area contributed by atoms with Crippen LogP contribution in [0.3, 0.4) is 0 Å². The Kier molecular flexibility index (Phi) is 5.28. The molecule has 0 atom stereocenters. The maximum absolute atomic E-state index is 12.2. The molecule has 0 aliphatic heterocycles. The number of nitrogens with one attached hydrogen (secondary N) is 1. The molecule has 4 N–H and O–H groups in total. The SMILES string of the molecule is CCC(CC)(C(=O)NCCn1ccnn1)/C(N)=N/O. The molecule has 1 aromatic rings. The van der Waals surface area contributed by atoms with Gasteiger partial charge < -0.3 is 16.3 Å². The molecule has 0 radical (unpaired) electrons. The summed E-state index contributed by atoms with van der Waals surface area (Å²) < 4.78 is 1.61. The van der Waals surface area contributed by atoms with Crippen LogP contribution in [0.5, 0.6) is 0 Å². The minimum atomic E-state index is -0.961. The van der Waals surface area contributed by atoms with Gasteiger partial charge in [0.25, 0.3) is 0 Å². The molecule has 19 heavy (non-hydrogen) atoms. The molecule has 0 aromatic carbocycles. The van der Waals surface area contributed by atoms with Gasteiger partial charge in [0.1, 0.15) is 5.41 Å². The van der Waals surface area contributed by atoms with E-state index in [0.29, 0.717) is 25.9 Å². The molecule has 8 heteroatoms. The van der Waals surface area contributed by atoms with Gasteiger partial charge >= 0.3 is 0 Å². The van der Waals surface area contributed by atoms with Crippen LogP contribution in [0.25, 0.3) is 0 Å². The smallest absolute Gasteiger partial charge is 0.233 e. The lowest BCUT2D eigenvalue weighted by Gasteiger charge is -2.28. The van der Waals surface area contributed by atoms with E-state index in [1.165, 1.54) is 0 Å². The fourth-order valence-electron chi connectivity index (χ4n) is 1.95. The second-order valence-corrected chi connectivity index (χ2v) is 4.20. The van der Waals surface area contributed by atoms with Crippen molar-refractivity contribution in [3.05, 3.63) is 12.4 Å². The second kappa shape index (κ2) is 6.72. The number of rotatable bonds is 7. The van der Waals surface area contributed by atoms with Crippen molar-refractivity contribution in [2.24, 2.45) is 16.3 Å². The van der Waals surface area contributed by atoms with Crippen LogP contribution in [0, 0.1) is 5.41 Å². The van der Waals surface area contributed by atoms with E-state index in [9.17, 15) is 4.79 Å². The van der Waals surface area contributed by atoms with E-state index in [-0.39, 0.29) is 11.7 Å². The molecule has 0 aliphatic carbocycles. The third-order valence-electron chi connectivity index (χ3n) is 3.34. The van der Waals surface area contributed by atoms with Crippen LogP contribution in [0.1, 0.15) is 26.7 Å². The van der Waals surface area contributed by atoms with E-state index < -0.39 is 5.41 Å². The van der Waals surface area contributed by atoms with E-state index in [0.717, 1.165) is 0 Å². The first-order chi connectivity index (χ1) is 9.10.